The van der Waals surface area contributed by atoms with E-state index in [2.05, 4.69) is 15.6 Å². The van der Waals surface area contributed by atoms with E-state index in [0.717, 1.165) is 6.42 Å². The summed E-state index contributed by atoms with van der Waals surface area (Å²) in [6.07, 6.45) is 0.835. The third-order valence-corrected chi connectivity index (χ3v) is 2.29. The molecule has 0 fully saturated rings. The quantitative estimate of drug-likeness (QED) is 0.680. The van der Waals surface area contributed by atoms with Crippen LogP contribution in [-0.2, 0) is 4.79 Å². The predicted molar refractivity (Wildman–Crippen MR) is 68.0 cm³/mol. The smallest absolute Gasteiger partial charge is 0.339 e. The molecule has 0 aliphatic rings. The van der Waals surface area contributed by atoms with Gasteiger partial charge in [0.15, 0.2) is 0 Å². The Morgan fingerprint density at radius 2 is 2.17 bits per heavy atom. The highest BCUT2D eigenvalue weighted by Crippen LogP contribution is 2.16. The Balaban J connectivity index is 2.68. The summed E-state index contributed by atoms with van der Waals surface area (Å²) in [6, 6.07) is 2.72. The second-order valence-electron chi connectivity index (χ2n) is 3.54. The zero-order chi connectivity index (χ0) is 13.5. The summed E-state index contributed by atoms with van der Waals surface area (Å²) < 4.78 is 0. The summed E-state index contributed by atoms with van der Waals surface area (Å²) in [5, 5.41) is 14.4. The van der Waals surface area contributed by atoms with Gasteiger partial charge in [-0.3, -0.25) is 4.79 Å². The molecule has 1 heterocycles. The molecule has 1 aromatic heterocycles. The maximum atomic E-state index is 11.4. The van der Waals surface area contributed by atoms with Crippen molar-refractivity contribution in [1.82, 2.24) is 10.3 Å². The van der Waals surface area contributed by atoms with E-state index in [1.807, 2.05) is 6.92 Å². The molecule has 0 aliphatic carbocycles. The summed E-state index contributed by atoms with van der Waals surface area (Å²) in [6.45, 7) is 2.47. The molecule has 0 aliphatic heterocycles. The van der Waals surface area contributed by atoms with Gasteiger partial charge in [-0.1, -0.05) is 18.5 Å². The highest BCUT2D eigenvalue weighted by atomic mass is 35.5. The van der Waals surface area contributed by atoms with E-state index in [0.29, 0.717) is 6.54 Å². The fourth-order valence-corrected chi connectivity index (χ4v) is 1.38. The number of nitrogens with one attached hydrogen (secondary N) is 2. The first-order chi connectivity index (χ1) is 8.54. The number of halogens is 1. The Hall–Kier alpha value is -1.82. The second-order valence-corrected chi connectivity index (χ2v) is 3.93. The number of pyridine rings is 1. The number of hydrogen-bond acceptors (Lipinski definition) is 4. The molecule has 0 bridgehead atoms. The Morgan fingerprint density at radius 1 is 1.44 bits per heavy atom. The first-order valence-corrected chi connectivity index (χ1v) is 5.82. The van der Waals surface area contributed by atoms with Gasteiger partial charge < -0.3 is 15.7 Å². The van der Waals surface area contributed by atoms with Crippen molar-refractivity contribution in [3.05, 3.63) is 22.8 Å². The number of hydrogen-bond donors (Lipinski definition) is 3. The lowest BCUT2D eigenvalue weighted by Crippen LogP contribution is -2.30. The zero-order valence-corrected chi connectivity index (χ0v) is 10.6. The van der Waals surface area contributed by atoms with Gasteiger partial charge in [-0.05, 0) is 18.6 Å². The first kappa shape index (κ1) is 14.2. The first-order valence-electron chi connectivity index (χ1n) is 5.45. The second kappa shape index (κ2) is 6.80. The molecule has 0 saturated heterocycles. The standard InChI is InChI=1S/C11H14ClN3O3/c1-2-5-13-9(16)6-14-10-7(11(17)18)3-4-8(12)15-10/h3-4H,2,5-6H2,1H3,(H,13,16)(H,14,15)(H,17,18). The van der Waals surface area contributed by atoms with E-state index in [9.17, 15) is 9.59 Å². The van der Waals surface area contributed by atoms with Crippen LogP contribution in [0.1, 0.15) is 23.7 Å². The van der Waals surface area contributed by atoms with Gasteiger partial charge in [0.2, 0.25) is 5.91 Å². The number of carboxylic acids is 1. The molecule has 0 saturated carbocycles. The van der Waals surface area contributed by atoms with Crippen molar-refractivity contribution in [1.29, 1.82) is 0 Å². The average Bonchev–Trinajstić information content (AvgIpc) is 2.33. The van der Waals surface area contributed by atoms with Crippen LogP contribution in [0.25, 0.3) is 0 Å². The third kappa shape index (κ3) is 4.21. The maximum Gasteiger partial charge on any atom is 0.339 e. The van der Waals surface area contributed by atoms with Gasteiger partial charge in [-0.15, -0.1) is 0 Å². The van der Waals surface area contributed by atoms with Gasteiger partial charge in [-0.2, -0.15) is 0 Å². The van der Waals surface area contributed by atoms with E-state index < -0.39 is 5.97 Å². The summed E-state index contributed by atoms with van der Waals surface area (Å²) in [5.74, 6) is -1.27. The minimum absolute atomic E-state index is 0.0253. The lowest BCUT2D eigenvalue weighted by molar-refractivity contribution is -0.119. The normalized spacial score (nSPS) is 9.89. The van der Waals surface area contributed by atoms with E-state index >= 15 is 0 Å². The number of carbonyl (C=O) groups excluding carboxylic acids is 1. The number of aromatic carboxylic acids is 1. The van der Waals surface area contributed by atoms with Crippen LogP contribution in [0.3, 0.4) is 0 Å². The summed E-state index contributed by atoms with van der Waals surface area (Å²) >= 11 is 5.68. The minimum atomic E-state index is -1.13. The molecule has 98 valence electrons. The van der Waals surface area contributed by atoms with E-state index in [1.54, 1.807) is 0 Å². The van der Waals surface area contributed by atoms with Crippen LogP contribution < -0.4 is 10.6 Å². The van der Waals surface area contributed by atoms with Crippen LogP contribution >= 0.6 is 11.6 Å². The SMILES string of the molecule is CCCNC(=O)CNc1nc(Cl)ccc1C(=O)O. The lowest BCUT2D eigenvalue weighted by atomic mass is 10.2. The summed E-state index contributed by atoms with van der Waals surface area (Å²) in [4.78, 5) is 26.1. The van der Waals surface area contributed by atoms with Gasteiger partial charge in [0.1, 0.15) is 16.5 Å². The highest BCUT2D eigenvalue weighted by molar-refractivity contribution is 6.29. The lowest BCUT2D eigenvalue weighted by Gasteiger charge is -2.09. The van der Waals surface area contributed by atoms with Crippen molar-refractivity contribution in [2.45, 2.75) is 13.3 Å². The number of aromatic nitrogens is 1. The van der Waals surface area contributed by atoms with Crippen molar-refractivity contribution in [2.24, 2.45) is 0 Å². The van der Waals surface area contributed by atoms with Gasteiger partial charge in [0, 0.05) is 6.54 Å². The number of rotatable bonds is 6. The molecule has 0 unspecified atom stereocenters. The molecule has 18 heavy (non-hydrogen) atoms. The number of nitrogens with zero attached hydrogens (tertiary/aromatic N) is 1. The van der Waals surface area contributed by atoms with E-state index in [-0.39, 0.29) is 29.0 Å². The van der Waals surface area contributed by atoms with Gasteiger partial charge in [0.25, 0.3) is 0 Å². The monoisotopic (exact) mass is 271 g/mol. The Bertz CT molecular complexity index is 451. The Labute approximate surface area is 109 Å². The number of anilines is 1. The average molecular weight is 272 g/mol. The molecule has 7 heteroatoms. The number of amides is 1. The Morgan fingerprint density at radius 3 is 2.78 bits per heavy atom. The van der Waals surface area contributed by atoms with Crippen molar-refractivity contribution in [3.63, 3.8) is 0 Å². The molecule has 1 aromatic rings. The number of carbonyl (C=O) groups is 2. The van der Waals surface area contributed by atoms with Crippen LogP contribution in [0, 0.1) is 0 Å². The van der Waals surface area contributed by atoms with Crippen LogP contribution in [0.15, 0.2) is 12.1 Å². The van der Waals surface area contributed by atoms with Gasteiger partial charge in [0.05, 0.1) is 6.54 Å². The molecule has 0 spiro atoms. The van der Waals surface area contributed by atoms with Crippen LogP contribution in [0.5, 0.6) is 0 Å². The van der Waals surface area contributed by atoms with Gasteiger partial charge >= 0.3 is 5.97 Å². The van der Waals surface area contributed by atoms with Crippen LogP contribution in [-0.4, -0.2) is 35.1 Å². The van der Waals surface area contributed by atoms with Crippen molar-refractivity contribution in [2.75, 3.05) is 18.4 Å². The van der Waals surface area contributed by atoms with Crippen molar-refractivity contribution >= 4 is 29.3 Å². The third-order valence-electron chi connectivity index (χ3n) is 2.08. The van der Waals surface area contributed by atoms with Crippen LogP contribution in [0.2, 0.25) is 5.15 Å². The minimum Gasteiger partial charge on any atom is -0.478 e. The highest BCUT2D eigenvalue weighted by Gasteiger charge is 2.12. The fraction of sp³-hybridized carbons (Fsp3) is 0.364. The zero-order valence-electron chi connectivity index (χ0n) is 9.86. The summed E-state index contributed by atoms with van der Waals surface area (Å²) in [5.41, 5.74) is -0.0253. The maximum absolute atomic E-state index is 11.4. The molecule has 3 N–H and O–H groups in total. The molecular weight excluding hydrogens is 258 g/mol. The molecular formula is C11H14ClN3O3. The molecule has 1 rings (SSSR count). The topological polar surface area (TPSA) is 91.3 Å². The summed E-state index contributed by atoms with van der Waals surface area (Å²) in [7, 11) is 0. The molecule has 0 radical (unpaired) electrons. The Kier molecular flexibility index (Phi) is 5.38. The molecule has 6 nitrogen and oxygen atoms in total. The van der Waals surface area contributed by atoms with E-state index in [4.69, 9.17) is 16.7 Å². The largest absolute Gasteiger partial charge is 0.478 e. The number of carboxylic acid groups (broad SMARTS) is 1. The predicted octanol–water partition coefficient (Wildman–Crippen LogP) is 1.37. The van der Waals surface area contributed by atoms with Crippen LogP contribution in [0.4, 0.5) is 5.82 Å². The van der Waals surface area contributed by atoms with E-state index in [1.165, 1.54) is 12.1 Å². The van der Waals surface area contributed by atoms with Crippen molar-refractivity contribution < 1.29 is 14.7 Å². The molecule has 0 aromatic carbocycles. The molecule has 0 atom stereocenters. The molecule has 1 amide bonds. The fourth-order valence-electron chi connectivity index (χ4n) is 1.23. The van der Waals surface area contributed by atoms with Gasteiger partial charge in [-0.25, -0.2) is 9.78 Å². The van der Waals surface area contributed by atoms with Crippen molar-refractivity contribution in [3.8, 4) is 0 Å².